The van der Waals surface area contributed by atoms with E-state index in [1.807, 2.05) is 0 Å². The SMILES string of the molecule is CCNCCOC1CCCCO1.[HH]. The van der Waals surface area contributed by atoms with E-state index in [2.05, 4.69) is 12.2 Å². The third-order valence-corrected chi connectivity index (χ3v) is 1.97. The number of hydrogen-bond acceptors (Lipinski definition) is 3. The standard InChI is InChI=1S/C9H19NO2.H2/c1-2-10-6-8-12-9-5-3-4-7-11-9;/h9-10H,2-8H2,1H3;1H. The molecule has 0 radical (unpaired) electrons. The van der Waals surface area contributed by atoms with Crippen LogP contribution in [0, 0.1) is 0 Å². The van der Waals surface area contributed by atoms with Gasteiger partial charge in [-0.15, -0.1) is 0 Å². The molecule has 0 amide bonds. The molecule has 1 rings (SSSR count). The highest BCUT2D eigenvalue weighted by molar-refractivity contribution is 4.54. The van der Waals surface area contributed by atoms with Crippen molar-refractivity contribution in [3.05, 3.63) is 0 Å². The van der Waals surface area contributed by atoms with Crippen LogP contribution in [0.3, 0.4) is 0 Å². The Morgan fingerprint density at radius 2 is 2.50 bits per heavy atom. The van der Waals surface area contributed by atoms with Crippen molar-refractivity contribution < 1.29 is 10.9 Å². The van der Waals surface area contributed by atoms with E-state index < -0.39 is 0 Å². The second-order valence-corrected chi connectivity index (χ2v) is 3.02. The van der Waals surface area contributed by atoms with Gasteiger partial charge >= 0.3 is 0 Å². The molecule has 1 aliphatic rings. The summed E-state index contributed by atoms with van der Waals surface area (Å²) in [4.78, 5) is 0. The molecule has 0 aromatic heterocycles. The minimum atomic E-state index is 0. The monoisotopic (exact) mass is 175 g/mol. The molecule has 0 aromatic rings. The van der Waals surface area contributed by atoms with Gasteiger partial charge < -0.3 is 14.8 Å². The van der Waals surface area contributed by atoms with Crippen molar-refractivity contribution in [2.75, 3.05) is 26.3 Å². The van der Waals surface area contributed by atoms with Crippen molar-refractivity contribution in [2.45, 2.75) is 32.5 Å². The molecule has 1 N–H and O–H groups in total. The maximum absolute atomic E-state index is 5.50. The molecule has 12 heavy (non-hydrogen) atoms. The molecule has 1 aliphatic heterocycles. The van der Waals surface area contributed by atoms with Crippen molar-refractivity contribution >= 4 is 0 Å². The third-order valence-electron chi connectivity index (χ3n) is 1.97. The van der Waals surface area contributed by atoms with E-state index in [0.29, 0.717) is 0 Å². The molecule has 1 atom stereocenters. The van der Waals surface area contributed by atoms with Crippen molar-refractivity contribution in [3.63, 3.8) is 0 Å². The highest BCUT2D eigenvalue weighted by atomic mass is 16.7. The summed E-state index contributed by atoms with van der Waals surface area (Å²) in [6.07, 6.45) is 3.56. The summed E-state index contributed by atoms with van der Waals surface area (Å²) in [7, 11) is 0. The van der Waals surface area contributed by atoms with Crippen molar-refractivity contribution in [1.82, 2.24) is 5.32 Å². The number of rotatable bonds is 5. The maximum atomic E-state index is 5.50. The van der Waals surface area contributed by atoms with Gasteiger partial charge in [0.2, 0.25) is 0 Å². The van der Waals surface area contributed by atoms with Gasteiger partial charge in [0.05, 0.1) is 6.61 Å². The van der Waals surface area contributed by atoms with E-state index in [9.17, 15) is 0 Å². The predicted molar refractivity (Wildman–Crippen MR) is 50.2 cm³/mol. The zero-order valence-electron chi connectivity index (χ0n) is 7.84. The van der Waals surface area contributed by atoms with E-state index in [-0.39, 0.29) is 7.72 Å². The van der Waals surface area contributed by atoms with E-state index in [1.165, 1.54) is 12.8 Å². The quantitative estimate of drug-likeness (QED) is 0.640. The molecule has 74 valence electrons. The Balaban J connectivity index is 0.00000144. The van der Waals surface area contributed by atoms with Gasteiger partial charge in [-0.05, 0) is 25.8 Å². The fourth-order valence-electron chi connectivity index (χ4n) is 1.28. The molecule has 0 saturated carbocycles. The lowest BCUT2D eigenvalue weighted by atomic mass is 10.2. The molecule has 3 heteroatoms. The number of ether oxygens (including phenoxy) is 2. The molecule has 3 nitrogen and oxygen atoms in total. The lowest BCUT2D eigenvalue weighted by Crippen LogP contribution is -2.27. The molecular formula is C9H21NO2. The Labute approximate surface area is 75.9 Å². The third kappa shape index (κ3) is 4.04. The Kier molecular flexibility index (Phi) is 5.32. The summed E-state index contributed by atoms with van der Waals surface area (Å²) in [6.45, 7) is 5.66. The summed E-state index contributed by atoms with van der Waals surface area (Å²) in [6, 6.07) is 0. The summed E-state index contributed by atoms with van der Waals surface area (Å²) >= 11 is 0. The Hall–Kier alpha value is -0.120. The molecular weight excluding hydrogens is 154 g/mol. The molecule has 1 heterocycles. The topological polar surface area (TPSA) is 30.5 Å². The van der Waals surface area contributed by atoms with Gasteiger partial charge in [0.1, 0.15) is 0 Å². The van der Waals surface area contributed by atoms with E-state index in [0.717, 1.165) is 32.7 Å². The number of nitrogens with one attached hydrogen (secondary N) is 1. The van der Waals surface area contributed by atoms with Crippen LogP contribution in [0.1, 0.15) is 27.6 Å². The lowest BCUT2D eigenvalue weighted by Gasteiger charge is -2.22. The van der Waals surface area contributed by atoms with Gasteiger partial charge in [0, 0.05) is 14.6 Å². The minimum Gasteiger partial charge on any atom is -0.353 e. The molecule has 0 aromatic carbocycles. The van der Waals surface area contributed by atoms with Crippen LogP contribution in [0.15, 0.2) is 0 Å². The van der Waals surface area contributed by atoms with Crippen LogP contribution in [0.25, 0.3) is 0 Å². The van der Waals surface area contributed by atoms with E-state index in [4.69, 9.17) is 9.47 Å². The second kappa shape index (κ2) is 6.40. The first kappa shape index (κ1) is 9.96. The maximum Gasteiger partial charge on any atom is 0.157 e. The van der Waals surface area contributed by atoms with Gasteiger partial charge in [-0.3, -0.25) is 0 Å². The van der Waals surface area contributed by atoms with Crippen LogP contribution < -0.4 is 5.32 Å². The average Bonchev–Trinajstić information content (AvgIpc) is 2.14. The van der Waals surface area contributed by atoms with Gasteiger partial charge in [0.15, 0.2) is 6.29 Å². The first-order valence-corrected chi connectivity index (χ1v) is 4.87. The lowest BCUT2D eigenvalue weighted by molar-refractivity contribution is -0.161. The Bertz CT molecular complexity index is 108. The predicted octanol–water partition coefficient (Wildman–Crippen LogP) is 1.39. The smallest absolute Gasteiger partial charge is 0.157 e. The van der Waals surface area contributed by atoms with Crippen LogP contribution in [-0.4, -0.2) is 32.6 Å². The minimum absolute atomic E-state index is 0. The molecule has 0 spiro atoms. The first-order valence-electron chi connectivity index (χ1n) is 4.87. The zero-order chi connectivity index (χ0) is 8.65. The van der Waals surface area contributed by atoms with Crippen LogP contribution in [0.4, 0.5) is 0 Å². The molecule has 1 fully saturated rings. The zero-order valence-corrected chi connectivity index (χ0v) is 7.84. The molecule has 1 unspecified atom stereocenters. The van der Waals surface area contributed by atoms with Crippen molar-refractivity contribution in [1.29, 1.82) is 0 Å². The van der Waals surface area contributed by atoms with Gasteiger partial charge in [-0.25, -0.2) is 0 Å². The highest BCUT2D eigenvalue weighted by Gasteiger charge is 2.12. The van der Waals surface area contributed by atoms with E-state index >= 15 is 0 Å². The largest absolute Gasteiger partial charge is 0.353 e. The number of hydrogen-bond donors (Lipinski definition) is 1. The summed E-state index contributed by atoms with van der Waals surface area (Å²) in [5.41, 5.74) is 0. The normalized spacial score (nSPS) is 24.2. The summed E-state index contributed by atoms with van der Waals surface area (Å²) < 4.78 is 10.9. The first-order chi connectivity index (χ1) is 5.93. The fourth-order valence-corrected chi connectivity index (χ4v) is 1.28. The average molecular weight is 175 g/mol. The van der Waals surface area contributed by atoms with Crippen LogP contribution >= 0.6 is 0 Å². The van der Waals surface area contributed by atoms with E-state index in [1.54, 1.807) is 0 Å². The van der Waals surface area contributed by atoms with Crippen molar-refractivity contribution in [2.24, 2.45) is 0 Å². The van der Waals surface area contributed by atoms with Gasteiger partial charge in [-0.1, -0.05) is 6.92 Å². The Morgan fingerprint density at radius 1 is 1.58 bits per heavy atom. The van der Waals surface area contributed by atoms with Crippen LogP contribution in [0.5, 0.6) is 0 Å². The molecule has 1 saturated heterocycles. The molecule has 0 aliphatic carbocycles. The molecule has 0 bridgehead atoms. The van der Waals surface area contributed by atoms with Crippen molar-refractivity contribution in [3.8, 4) is 0 Å². The summed E-state index contributed by atoms with van der Waals surface area (Å²) in [5.74, 6) is 0. The van der Waals surface area contributed by atoms with Crippen LogP contribution in [-0.2, 0) is 9.47 Å². The number of likely N-dealkylation sites (N-methyl/N-ethyl adjacent to an activating group) is 1. The second-order valence-electron chi connectivity index (χ2n) is 3.02. The van der Waals surface area contributed by atoms with Gasteiger partial charge in [0.25, 0.3) is 0 Å². The van der Waals surface area contributed by atoms with Crippen LogP contribution in [0.2, 0.25) is 0 Å². The van der Waals surface area contributed by atoms with Gasteiger partial charge in [-0.2, -0.15) is 0 Å². The summed E-state index contributed by atoms with van der Waals surface area (Å²) in [5, 5.41) is 3.21. The highest BCUT2D eigenvalue weighted by Crippen LogP contribution is 2.12. The Morgan fingerprint density at radius 3 is 3.17 bits per heavy atom. The fraction of sp³-hybridized carbons (Fsp3) is 1.00.